The Morgan fingerprint density at radius 2 is 1.86 bits per heavy atom. The van der Waals surface area contributed by atoms with Crippen molar-refractivity contribution < 1.29 is 29.0 Å². The number of rotatable bonds is 11. The molecule has 3 amide bonds. The molecule has 0 unspecified atom stereocenters. The van der Waals surface area contributed by atoms with Crippen LogP contribution in [0, 0.1) is 5.92 Å². The zero-order chi connectivity index (χ0) is 31.0. The monoisotopic (exact) mass is 579 g/mol. The molecule has 12 heteroatoms. The summed E-state index contributed by atoms with van der Waals surface area (Å²) in [6, 6.07) is 10.3. The Morgan fingerprint density at radius 1 is 1.12 bits per heavy atom. The fourth-order valence-electron chi connectivity index (χ4n) is 4.48. The minimum absolute atomic E-state index is 0.0620. The van der Waals surface area contributed by atoms with Crippen LogP contribution in [-0.4, -0.2) is 70.4 Å². The molecular formula is C30H37N5O7. The van der Waals surface area contributed by atoms with Crippen LogP contribution in [0.1, 0.15) is 37.9 Å². The van der Waals surface area contributed by atoms with Crippen LogP contribution in [0.5, 0.6) is 0 Å². The molecule has 2 heterocycles. The minimum Gasteiger partial charge on any atom is -0.464 e. The summed E-state index contributed by atoms with van der Waals surface area (Å²) in [6.07, 6.45) is 2.20. The number of hydrogen-bond acceptors (Lipinski definition) is 6. The summed E-state index contributed by atoms with van der Waals surface area (Å²) >= 11 is 0. The number of likely N-dealkylation sites (N-methyl/N-ethyl adjacent to an activating group) is 1. The number of pyridine rings is 1. The number of benzene rings is 1. The summed E-state index contributed by atoms with van der Waals surface area (Å²) in [4.78, 5) is 63.7. The number of carbonyl (C=O) groups excluding carboxylic acids is 3. The third kappa shape index (κ3) is 7.87. The van der Waals surface area contributed by atoms with Gasteiger partial charge in [0.1, 0.15) is 5.69 Å². The Morgan fingerprint density at radius 3 is 2.50 bits per heavy atom. The number of fused-ring (bicyclic) bond motifs is 1. The predicted octanol–water partition coefficient (Wildman–Crippen LogP) is 3.66. The number of anilines is 1. The standard InChI is InChI=1S/C30H37N5O7/c1-19(2)16-20-10-8-11-21-17-22(35(26(20)21)30(40)41)18-34-15-9-12-23(28(34)38)32-27(37)24(42-29(39)31-3)13-6-7-14-25(36)33(4)5/h7-12,14-15,17,19,24H,6,13,16,18H2,1-5H3,(H,31,39)(H,32,37)(H,40,41)/b14-7+/t24-/m0/s1. The molecule has 0 aliphatic rings. The van der Waals surface area contributed by atoms with Crippen molar-refractivity contribution in [1.82, 2.24) is 19.4 Å². The van der Waals surface area contributed by atoms with Crippen LogP contribution < -0.4 is 16.2 Å². The van der Waals surface area contributed by atoms with Crippen molar-refractivity contribution in [2.75, 3.05) is 26.5 Å². The second-order valence-electron chi connectivity index (χ2n) is 10.4. The molecule has 0 radical (unpaired) electrons. The summed E-state index contributed by atoms with van der Waals surface area (Å²) in [5, 5.41) is 15.6. The van der Waals surface area contributed by atoms with Crippen molar-refractivity contribution in [3.8, 4) is 0 Å². The van der Waals surface area contributed by atoms with Gasteiger partial charge in [0.2, 0.25) is 5.91 Å². The van der Waals surface area contributed by atoms with E-state index in [0.717, 1.165) is 10.9 Å². The van der Waals surface area contributed by atoms with E-state index < -0.39 is 29.8 Å². The Kier molecular flexibility index (Phi) is 10.7. The maximum atomic E-state index is 13.3. The number of amides is 3. The van der Waals surface area contributed by atoms with E-state index in [9.17, 15) is 29.1 Å². The van der Waals surface area contributed by atoms with Crippen LogP contribution in [0.3, 0.4) is 0 Å². The number of alkyl carbamates (subject to hydrolysis) is 1. The lowest BCUT2D eigenvalue weighted by Gasteiger charge is -2.17. The van der Waals surface area contributed by atoms with Gasteiger partial charge in [-0.2, -0.15) is 0 Å². The molecular weight excluding hydrogens is 542 g/mol. The maximum absolute atomic E-state index is 13.3. The lowest BCUT2D eigenvalue weighted by Crippen LogP contribution is -2.37. The zero-order valence-corrected chi connectivity index (χ0v) is 24.4. The van der Waals surface area contributed by atoms with E-state index in [1.807, 2.05) is 18.2 Å². The fraction of sp³-hybridized carbons (Fsp3) is 0.367. The average Bonchev–Trinajstić information content (AvgIpc) is 3.31. The van der Waals surface area contributed by atoms with Crippen LogP contribution in [0.15, 0.2) is 59.5 Å². The Balaban J connectivity index is 1.87. The normalized spacial score (nSPS) is 12.0. The van der Waals surface area contributed by atoms with E-state index >= 15 is 0 Å². The number of para-hydroxylation sites is 1. The second-order valence-corrected chi connectivity index (χ2v) is 10.4. The van der Waals surface area contributed by atoms with Gasteiger partial charge in [0, 0.05) is 32.7 Å². The highest BCUT2D eigenvalue weighted by molar-refractivity contribution is 5.95. The van der Waals surface area contributed by atoms with E-state index in [-0.39, 0.29) is 31.0 Å². The molecule has 0 fully saturated rings. The SMILES string of the molecule is CNC(=O)O[C@@H](CC/C=C/C(=O)N(C)C)C(=O)Nc1cccn(Cc2cc3cccc(CC(C)C)c3n2C(=O)O)c1=O. The molecule has 3 aromatic rings. The summed E-state index contributed by atoms with van der Waals surface area (Å²) < 4.78 is 7.70. The van der Waals surface area contributed by atoms with Gasteiger partial charge in [-0.1, -0.05) is 38.1 Å². The van der Waals surface area contributed by atoms with E-state index in [1.54, 1.807) is 32.3 Å². The highest BCUT2D eigenvalue weighted by Gasteiger charge is 2.24. The van der Waals surface area contributed by atoms with Crippen LogP contribution in [0.4, 0.5) is 15.3 Å². The molecule has 0 spiro atoms. The number of nitrogens with zero attached hydrogens (tertiary/aromatic N) is 3. The number of carbonyl (C=O) groups is 4. The Hall–Kier alpha value is -4.87. The summed E-state index contributed by atoms with van der Waals surface area (Å²) in [5.41, 5.74) is 1.24. The van der Waals surface area contributed by atoms with E-state index in [4.69, 9.17) is 4.74 Å². The van der Waals surface area contributed by atoms with E-state index in [1.165, 1.54) is 39.4 Å². The van der Waals surface area contributed by atoms with Gasteiger partial charge in [-0.15, -0.1) is 0 Å². The third-order valence-corrected chi connectivity index (χ3v) is 6.46. The topological polar surface area (TPSA) is 152 Å². The van der Waals surface area contributed by atoms with Gasteiger partial charge in [0.05, 0.1) is 17.8 Å². The van der Waals surface area contributed by atoms with Crippen molar-refractivity contribution in [3.05, 3.63) is 76.4 Å². The number of hydrogen-bond donors (Lipinski definition) is 3. The number of carboxylic acid groups (broad SMARTS) is 1. The molecule has 42 heavy (non-hydrogen) atoms. The Bertz CT molecular complexity index is 1550. The van der Waals surface area contributed by atoms with Gasteiger partial charge in [-0.25, -0.2) is 14.2 Å². The van der Waals surface area contributed by atoms with Crippen LogP contribution in [0.25, 0.3) is 10.9 Å². The lowest BCUT2D eigenvalue weighted by atomic mass is 10.0. The molecule has 1 atom stereocenters. The van der Waals surface area contributed by atoms with Crippen molar-refractivity contribution in [2.45, 2.75) is 45.8 Å². The van der Waals surface area contributed by atoms with Crippen molar-refractivity contribution in [3.63, 3.8) is 0 Å². The zero-order valence-electron chi connectivity index (χ0n) is 24.4. The molecule has 0 aliphatic carbocycles. The molecule has 0 saturated heterocycles. The largest absolute Gasteiger partial charge is 0.464 e. The van der Waals surface area contributed by atoms with Crippen molar-refractivity contribution >= 4 is 40.6 Å². The molecule has 0 aliphatic heterocycles. The fourth-order valence-corrected chi connectivity index (χ4v) is 4.48. The molecule has 0 bridgehead atoms. The molecule has 2 aromatic heterocycles. The van der Waals surface area contributed by atoms with E-state index in [2.05, 4.69) is 24.5 Å². The molecule has 3 N–H and O–H groups in total. The van der Waals surface area contributed by atoms with Gasteiger partial charge >= 0.3 is 12.2 Å². The molecule has 12 nitrogen and oxygen atoms in total. The van der Waals surface area contributed by atoms with Gasteiger partial charge in [0.25, 0.3) is 11.5 Å². The first-order chi connectivity index (χ1) is 19.9. The van der Waals surface area contributed by atoms with Crippen molar-refractivity contribution in [2.24, 2.45) is 5.92 Å². The van der Waals surface area contributed by atoms with Gasteiger partial charge in [0.15, 0.2) is 6.10 Å². The average molecular weight is 580 g/mol. The third-order valence-electron chi connectivity index (χ3n) is 6.46. The number of ether oxygens (including phenoxy) is 1. The number of allylic oxidation sites excluding steroid dienone is 1. The Labute approximate surface area is 243 Å². The van der Waals surface area contributed by atoms with Gasteiger partial charge < -0.3 is 29.9 Å². The molecule has 224 valence electrons. The van der Waals surface area contributed by atoms with E-state index in [0.29, 0.717) is 23.5 Å². The predicted molar refractivity (Wildman–Crippen MR) is 159 cm³/mol. The van der Waals surface area contributed by atoms with Crippen LogP contribution in [-0.2, 0) is 27.3 Å². The smallest absolute Gasteiger partial charge is 0.416 e. The molecule has 0 saturated carbocycles. The molecule has 1 aromatic carbocycles. The van der Waals surface area contributed by atoms with Gasteiger partial charge in [-0.05, 0) is 55.0 Å². The minimum atomic E-state index is -1.24. The molecule has 3 rings (SSSR count). The first kappa shape index (κ1) is 31.7. The van der Waals surface area contributed by atoms with Crippen molar-refractivity contribution in [1.29, 1.82) is 0 Å². The lowest BCUT2D eigenvalue weighted by molar-refractivity contribution is -0.124. The van der Waals surface area contributed by atoms with Crippen LogP contribution in [0.2, 0.25) is 0 Å². The summed E-state index contributed by atoms with van der Waals surface area (Å²) in [6.45, 7) is 4.05. The summed E-state index contributed by atoms with van der Waals surface area (Å²) in [7, 11) is 4.57. The van der Waals surface area contributed by atoms with Gasteiger partial charge in [-0.3, -0.25) is 14.4 Å². The quantitative estimate of drug-likeness (QED) is 0.293. The highest BCUT2D eigenvalue weighted by Crippen LogP contribution is 2.26. The number of nitrogens with one attached hydrogen (secondary N) is 2. The summed E-state index contributed by atoms with van der Waals surface area (Å²) in [5.74, 6) is -0.642. The first-order valence-electron chi connectivity index (χ1n) is 13.5. The first-order valence-corrected chi connectivity index (χ1v) is 13.5. The number of aromatic nitrogens is 2. The maximum Gasteiger partial charge on any atom is 0.416 e. The second kappa shape index (κ2) is 14.2. The highest BCUT2D eigenvalue weighted by atomic mass is 16.6. The van der Waals surface area contributed by atoms with Crippen LogP contribution >= 0.6 is 0 Å².